The average Bonchev–Trinajstić information content (AvgIpc) is 2.83. The van der Waals surface area contributed by atoms with Gasteiger partial charge in [-0.25, -0.2) is 0 Å². The Morgan fingerprint density at radius 3 is 3.19 bits per heavy atom. The molecular weight excluding hydrogens is 222 g/mol. The van der Waals surface area contributed by atoms with Crippen molar-refractivity contribution >= 4 is 17.7 Å². The lowest BCUT2D eigenvalue weighted by atomic mass is 10.1. The second-order valence-corrected chi connectivity index (χ2v) is 5.43. The second kappa shape index (κ2) is 5.39. The maximum atomic E-state index is 11.9. The summed E-state index contributed by atoms with van der Waals surface area (Å²) in [4.78, 5) is 11.9. The molecule has 1 amide bonds. The number of aromatic nitrogens is 2. The summed E-state index contributed by atoms with van der Waals surface area (Å²) in [6, 6.07) is 0.0359. The summed E-state index contributed by atoms with van der Waals surface area (Å²) < 4.78 is 0. The van der Waals surface area contributed by atoms with Crippen LogP contribution in [0.5, 0.6) is 0 Å². The molecule has 2 heterocycles. The minimum Gasteiger partial charge on any atom is -0.349 e. The van der Waals surface area contributed by atoms with Gasteiger partial charge in [0.25, 0.3) is 0 Å². The van der Waals surface area contributed by atoms with Crippen molar-refractivity contribution in [3.63, 3.8) is 0 Å². The summed E-state index contributed by atoms with van der Waals surface area (Å²) in [5.41, 5.74) is 1.02. The molecule has 2 N–H and O–H groups in total. The van der Waals surface area contributed by atoms with Crippen molar-refractivity contribution in [2.75, 3.05) is 5.75 Å². The molecule has 88 valence electrons. The van der Waals surface area contributed by atoms with Crippen LogP contribution < -0.4 is 5.32 Å². The molecular formula is C11H17N3OS. The molecule has 1 aromatic rings. The first-order chi connectivity index (χ1) is 7.77. The fraction of sp³-hybridized carbons (Fsp3) is 0.636. The second-order valence-electron chi connectivity index (χ2n) is 4.12. The maximum absolute atomic E-state index is 11.9. The largest absolute Gasteiger partial charge is 0.349 e. The maximum Gasteiger partial charge on any atom is 0.233 e. The Labute approximate surface area is 99.6 Å². The molecule has 0 aliphatic carbocycles. The average molecular weight is 239 g/mol. The minimum absolute atomic E-state index is 0.0359. The zero-order valence-electron chi connectivity index (χ0n) is 9.40. The molecule has 5 heteroatoms. The molecule has 1 fully saturated rings. The standard InChI is InChI=1S/C11H17N3OS/c1-8(9-6-12-13-7-9)14-11(15)10-4-2-3-5-16-10/h6-8,10H,2-5H2,1H3,(H,12,13)(H,14,15). The van der Waals surface area contributed by atoms with Gasteiger partial charge in [-0.05, 0) is 25.5 Å². The predicted octanol–water partition coefficient (Wildman–Crippen LogP) is 1.87. The van der Waals surface area contributed by atoms with Crippen LogP contribution in [-0.4, -0.2) is 27.1 Å². The van der Waals surface area contributed by atoms with Gasteiger partial charge in [0.15, 0.2) is 0 Å². The van der Waals surface area contributed by atoms with Crippen molar-refractivity contribution in [1.29, 1.82) is 0 Å². The smallest absolute Gasteiger partial charge is 0.233 e. The Hall–Kier alpha value is -0.970. The molecule has 2 unspecified atom stereocenters. The van der Waals surface area contributed by atoms with E-state index in [2.05, 4.69) is 15.5 Å². The molecule has 0 saturated carbocycles. The van der Waals surface area contributed by atoms with Crippen molar-refractivity contribution in [3.8, 4) is 0 Å². The van der Waals surface area contributed by atoms with Crippen LogP contribution in [-0.2, 0) is 4.79 Å². The van der Waals surface area contributed by atoms with Gasteiger partial charge >= 0.3 is 0 Å². The van der Waals surface area contributed by atoms with Crippen LogP contribution in [0.2, 0.25) is 0 Å². The Morgan fingerprint density at radius 2 is 2.56 bits per heavy atom. The van der Waals surface area contributed by atoms with Gasteiger partial charge in [-0.2, -0.15) is 5.10 Å². The van der Waals surface area contributed by atoms with E-state index in [1.54, 1.807) is 18.0 Å². The SMILES string of the molecule is CC(NC(=O)C1CCCCS1)c1cn[nH]c1. The molecule has 0 bridgehead atoms. The van der Waals surface area contributed by atoms with E-state index in [9.17, 15) is 4.79 Å². The molecule has 1 aromatic heterocycles. The number of carbonyl (C=O) groups is 1. The Bertz CT molecular complexity index is 333. The van der Waals surface area contributed by atoms with Gasteiger partial charge in [-0.3, -0.25) is 9.89 Å². The monoisotopic (exact) mass is 239 g/mol. The predicted molar refractivity (Wildman–Crippen MR) is 65.2 cm³/mol. The lowest BCUT2D eigenvalue weighted by Gasteiger charge is -2.22. The molecule has 1 aliphatic heterocycles. The van der Waals surface area contributed by atoms with Crippen molar-refractivity contribution in [3.05, 3.63) is 18.0 Å². The first kappa shape index (κ1) is 11.5. The molecule has 0 radical (unpaired) electrons. The number of rotatable bonds is 3. The number of amides is 1. The number of H-pyrrole nitrogens is 1. The van der Waals surface area contributed by atoms with Gasteiger partial charge in [-0.15, -0.1) is 11.8 Å². The number of hydrogen-bond donors (Lipinski definition) is 2. The Kier molecular flexibility index (Phi) is 3.88. The van der Waals surface area contributed by atoms with Gasteiger partial charge in [0, 0.05) is 11.8 Å². The first-order valence-electron chi connectivity index (χ1n) is 5.68. The lowest BCUT2D eigenvalue weighted by Crippen LogP contribution is -2.35. The molecule has 2 atom stereocenters. The van der Waals surface area contributed by atoms with Gasteiger partial charge < -0.3 is 5.32 Å². The zero-order chi connectivity index (χ0) is 11.4. The third kappa shape index (κ3) is 2.78. The zero-order valence-corrected chi connectivity index (χ0v) is 10.2. The number of carbonyl (C=O) groups excluding carboxylic acids is 1. The van der Waals surface area contributed by atoms with E-state index < -0.39 is 0 Å². The van der Waals surface area contributed by atoms with E-state index in [-0.39, 0.29) is 17.2 Å². The van der Waals surface area contributed by atoms with Crippen LogP contribution in [0, 0.1) is 0 Å². The highest BCUT2D eigenvalue weighted by Crippen LogP contribution is 2.25. The van der Waals surface area contributed by atoms with Crippen LogP contribution >= 0.6 is 11.8 Å². The number of aromatic amines is 1. The third-order valence-corrected chi connectivity index (χ3v) is 4.23. The van der Waals surface area contributed by atoms with E-state index in [0.29, 0.717) is 0 Å². The molecule has 4 nitrogen and oxygen atoms in total. The summed E-state index contributed by atoms with van der Waals surface area (Å²) >= 11 is 1.78. The number of thioether (sulfide) groups is 1. The molecule has 1 aliphatic rings. The molecule has 2 rings (SSSR count). The lowest BCUT2D eigenvalue weighted by molar-refractivity contribution is -0.121. The van der Waals surface area contributed by atoms with E-state index in [1.165, 1.54) is 12.8 Å². The van der Waals surface area contributed by atoms with Crippen molar-refractivity contribution in [2.45, 2.75) is 37.5 Å². The molecule has 1 saturated heterocycles. The summed E-state index contributed by atoms with van der Waals surface area (Å²) in [7, 11) is 0. The Morgan fingerprint density at radius 1 is 1.69 bits per heavy atom. The normalized spacial score (nSPS) is 22.7. The van der Waals surface area contributed by atoms with E-state index in [1.807, 2.05) is 13.1 Å². The van der Waals surface area contributed by atoms with Crippen LogP contribution in [0.25, 0.3) is 0 Å². The van der Waals surface area contributed by atoms with Gasteiger partial charge in [-0.1, -0.05) is 6.42 Å². The van der Waals surface area contributed by atoms with Crippen molar-refractivity contribution in [2.24, 2.45) is 0 Å². The number of hydrogen-bond acceptors (Lipinski definition) is 3. The fourth-order valence-corrected chi connectivity index (χ4v) is 3.04. The highest BCUT2D eigenvalue weighted by Gasteiger charge is 2.23. The van der Waals surface area contributed by atoms with Crippen LogP contribution in [0.3, 0.4) is 0 Å². The van der Waals surface area contributed by atoms with Gasteiger partial charge in [0.05, 0.1) is 17.5 Å². The van der Waals surface area contributed by atoms with E-state index in [4.69, 9.17) is 0 Å². The topological polar surface area (TPSA) is 57.8 Å². The summed E-state index contributed by atoms with van der Waals surface area (Å²) in [5, 5.41) is 9.81. The summed E-state index contributed by atoms with van der Waals surface area (Å²) in [6.07, 6.45) is 6.99. The Balaban J connectivity index is 1.86. The summed E-state index contributed by atoms with van der Waals surface area (Å²) in [5.74, 6) is 1.27. The van der Waals surface area contributed by atoms with Crippen LogP contribution in [0.15, 0.2) is 12.4 Å². The molecule has 0 spiro atoms. The quantitative estimate of drug-likeness (QED) is 0.846. The van der Waals surface area contributed by atoms with Crippen LogP contribution in [0.1, 0.15) is 37.8 Å². The highest BCUT2D eigenvalue weighted by atomic mass is 32.2. The van der Waals surface area contributed by atoms with Gasteiger partial charge in [0.1, 0.15) is 0 Å². The fourth-order valence-electron chi connectivity index (χ4n) is 1.83. The number of nitrogens with zero attached hydrogens (tertiary/aromatic N) is 1. The van der Waals surface area contributed by atoms with Crippen molar-refractivity contribution < 1.29 is 4.79 Å². The van der Waals surface area contributed by atoms with Crippen molar-refractivity contribution in [1.82, 2.24) is 15.5 Å². The van der Waals surface area contributed by atoms with Crippen LogP contribution in [0.4, 0.5) is 0 Å². The minimum atomic E-state index is 0.0359. The molecule has 16 heavy (non-hydrogen) atoms. The first-order valence-corrected chi connectivity index (χ1v) is 6.73. The molecule has 0 aromatic carbocycles. The third-order valence-electron chi connectivity index (χ3n) is 2.85. The summed E-state index contributed by atoms with van der Waals surface area (Å²) in [6.45, 7) is 1.98. The highest BCUT2D eigenvalue weighted by molar-refractivity contribution is 8.00. The van der Waals surface area contributed by atoms with E-state index >= 15 is 0 Å². The van der Waals surface area contributed by atoms with Gasteiger partial charge in [0.2, 0.25) is 5.91 Å². The number of nitrogens with one attached hydrogen (secondary N) is 2. The van der Waals surface area contributed by atoms with E-state index in [0.717, 1.165) is 17.7 Å².